The monoisotopic (exact) mass is 244 g/mol. The Labute approximate surface area is 98.6 Å². The number of carbonyl (C=O) groups is 3. The summed E-state index contributed by atoms with van der Waals surface area (Å²) in [6, 6.07) is -0.377. The van der Waals surface area contributed by atoms with Crippen LogP contribution in [0.15, 0.2) is 0 Å². The van der Waals surface area contributed by atoms with Crippen LogP contribution in [0.4, 0.5) is 4.79 Å². The fourth-order valence-electron chi connectivity index (χ4n) is 1.64. The van der Waals surface area contributed by atoms with Gasteiger partial charge in [-0.15, -0.1) is 0 Å². The molecule has 0 bridgehead atoms. The Morgan fingerprint density at radius 3 is 1.88 bits per heavy atom. The van der Waals surface area contributed by atoms with Crippen molar-refractivity contribution in [2.75, 3.05) is 19.6 Å². The molecule has 96 valence electrons. The van der Waals surface area contributed by atoms with Gasteiger partial charge in [-0.05, 0) is 19.8 Å². The van der Waals surface area contributed by atoms with E-state index in [1.807, 2.05) is 0 Å². The molecule has 1 fully saturated rings. The van der Waals surface area contributed by atoms with Crippen LogP contribution in [-0.2, 0) is 9.59 Å². The minimum atomic E-state index is -1.22. The van der Waals surface area contributed by atoms with Crippen LogP contribution in [-0.4, -0.2) is 63.7 Å². The highest BCUT2D eigenvalue weighted by Crippen LogP contribution is 2.27. The van der Waals surface area contributed by atoms with E-state index in [9.17, 15) is 14.4 Å². The number of carboxylic acid groups (broad SMARTS) is 2. The number of carboxylic acids is 2. The van der Waals surface area contributed by atoms with Crippen LogP contribution in [0, 0.1) is 0 Å². The van der Waals surface area contributed by atoms with Crippen molar-refractivity contribution in [3.8, 4) is 0 Å². The second-order valence-corrected chi connectivity index (χ2v) is 3.94. The summed E-state index contributed by atoms with van der Waals surface area (Å²) in [4.78, 5) is 35.5. The Hall–Kier alpha value is -1.79. The highest BCUT2D eigenvalue weighted by Gasteiger charge is 2.34. The molecule has 0 aromatic heterocycles. The van der Waals surface area contributed by atoms with Crippen molar-refractivity contribution in [2.24, 2.45) is 0 Å². The average Bonchev–Trinajstić information content (AvgIpc) is 3.00. The Balaban J connectivity index is 2.68. The normalized spacial score (nSPS) is 14.2. The van der Waals surface area contributed by atoms with Crippen LogP contribution in [0.1, 0.15) is 19.8 Å². The second kappa shape index (κ2) is 5.51. The summed E-state index contributed by atoms with van der Waals surface area (Å²) in [5.74, 6) is -2.43. The third-order valence-corrected chi connectivity index (χ3v) is 2.50. The van der Waals surface area contributed by atoms with Crippen LogP contribution >= 0.6 is 0 Å². The first kappa shape index (κ1) is 13.3. The Morgan fingerprint density at radius 2 is 1.59 bits per heavy atom. The predicted molar refractivity (Wildman–Crippen MR) is 57.6 cm³/mol. The molecule has 0 aliphatic heterocycles. The van der Waals surface area contributed by atoms with Gasteiger partial charge in [0.05, 0.1) is 0 Å². The molecule has 17 heavy (non-hydrogen) atoms. The van der Waals surface area contributed by atoms with Gasteiger partial charge in [0, 0.05) is 12.6 Å². The zero-order valence-corrected chi connectivity index (χ0v) is 9.63. The summed E-state index contributed by atoms with van der Waals surface area (Å²) in [5.41, 5.74) is 0. The van der Waals surface area contributed by atoms with E-state index >= 15 is 0 Å². The first-order chi connectivity index (χ1) is 7.95. The standard InChI is InChI=1S/C10H16N2O5/c1-2-12(7-3-4-7)10(17)11(5-8(13)14)6-9(15)16/h7H,2-6H2,1H3,(H,13,14)(H,15,16). The number of rotatable bonds is 6. The summed E-state index contributed by atoms with van der Waals surface area (Å²) in [6.45, 7) is 1.07. The van der Waals surface area contributed by atoms with E-state index in [0.29, 0.717) is 6.54 Å². The van der Waals surface area contributed by atoms with Crippen molar-refractivity contribution in [3.05, 3.63) is 0 Å². The molecule has 0 aromatic carbocycles. The first-order valence-corrected chi connectivity index (χ1v) is 5.44. The molecule has 0 spiro atoms. The zero-order chi connectivity index (χ0) is 13.0. The highest BCUT2D eigenvalue weighted by molar-refractivity contribution is 5.84. The molecule has 0 saturated heterocycles. The maximum atomic E-state index is 12.0. The van der Waals surface area contributed by atoms with Crippen LogP contribution in [0.3, 0.4) is 0 Å². The van der Waals surface area contributed by atoms with Gasteiger partial charge in [-0.3, -0.25) is 9.59 Å². The Morgan fingerprint density at radius 1 is 1.12 bits per heavy atom. The number of aliphatic carboxylic acids is 2. The summed E-state index contributed by atoms with van der Waals surface area (Å²) in [5, 5.41) is 17.3. The van der Waals surface area contributed by atoms with Crippen molar-refractivity contribution in [2.45, 2.75) is 25.8 Å². The van der Waals surface area contributed by atoms with Gasteiger partial charge in [0.15, 0.2) is 0 Å². The molecule has 0 atom stereocenters. The molecule has 1 aliphatic rings. The quantitative estimate of drug-likeness (QED) is 0.688. The molecule has 1 saturated carbocycles. The fraction of sp³-hybridized carbons (Fsp3) is 0.700. The third-order valence-electron chi connectivity index (χ3n) is 2.50. The summed E-state index contributed by atoms with van der Waals surface area (Å²) in [7, 11) is 0. The van der Waals surface area contributed by atoms with Crippen molar-refractivity contribution >= 4 is 18.0 Å². The number of urea groups is 1. The Bertz CT molecular complexity index is 311. The molecule has 2 N–H and O–H groups in total. The van der Waals surface area contributed by atoms with Crippen LogP contribution in [0.25, 0.3) is 0 Å². The summed E-state index contributed by atoms with van der Waals surface area (Å²) in [6.07, 6.45) is 1.79. The van der Waals surface area contributed by atoms with Gasteiger partial charge in [-0.2, -0.15) is 0 Å². The number of amides is 2. The van der Waals surface area contributed by atoms with Gasteiger partial charge in [-0.25, -0.2) is 4.79 Å². The minimum Gasteiger partial charge on any atom is -0.480 e. The molecule has 1 rings (SSSR count). The largest absolute Gasteiger partial charge is 0.480 e. The maximum absolute atomic E-state index is 12.0. The van der Waals surface area contributed by atoms with Crippen molar-refractivity contribution in [3.63, 3.8) is 0 Å². The predicted octanol–water partition coefficient (Wildman–Crippen LogP) is 0.0619. The lowest BCUT2D eigenvalue weighted by Gasteiger charge is -2.27. The van der Waals surface area contributed by atoms with Gasteiger partial charge < -0.3 is 20.0 Å². The minimum absolute atomic E-state index is 0.137. The van der Waals surface area contributed by atoms with Crippen LogP contribution in [0.2, 0.25) is 0 Å². The van der Waals surface area contributed by atoms with Gasteiger partial charge >= 0.3 is 18.0 Å². The molecule has 1 aliphatic carbocycles. The van der Waals surface area contributed by atoms with Gasteiger partial charge in [0.25, 0.3) is 0 Å². The number of nitrogens with zero attached hydrogens (tertiary/aromatic N) is 2. The van der Waals surface area contributed by atoms with E-state index in [2.05, 4.69) is 0 Å². The Kier molecular flexibility index (Phi) is 4.30. The molecular weight excluding hydrogens is 228 g/mol. The first-order valence-electron chi connectivity index (χ1n) is 5.44. The average molecular weight is 244 g/mol. The smallest absolute Gasteiger partial charge is 0.323 e. The fourth-order valence-corrected chi connectivity index (χ4v) is 1.64. The lowest BCUT2D eigenvalue weighted by atomic mass is 10.4. The van der Waals surface area contributed by atoms with E-state index in [1.54, 1.807) is 6.92 Å². The molecular formula is C10H16N2O5. The van der Waals surface area contributed by atoms with Crippen LogP contribution in [0.5, 0.6) is 0 Å². The van der Waals surface area contributed by atoms with E-state index in [1.165, 1.54) is 4.90 Å². The lowest BCUT2D eigenvalue weighted by Crippen LogP contribution is -2.48. The van der Waals surface area contributed by atoms with Crippen molar-refractivity contribution < 1.29 is 24.6 Å². The second-order valence-electron chi connectivity index (χ2n) is 3.94. The number of hydrogen-bond donors (Lipinski definition) is 2. The van der Waals surface area contributed by atoms with Crippen molar-refractivity contribution in [1.82, 2.24) is 9.80 Å². The molecule has 2 amide bonds. The molecule has 0 unspecified atom stereocenters. The zero-order valence-electron chi connectivity index (χ0n) is 9.63. The van der Waals surface area contributed by atoms with E-state index in [4.69, 9.17) is 10.2 Å². The number of carbonyl (C=O) groups excluding carboxylic acids is 1. The van der Waals surface area contributed by atoms with Gasteiger partial charge in [-0.1, -0.05) is 0 Å². The highest BCUT2D eigenvalue weighted by atomic mass is 16.4. The molecule has 0 heterocycles. The van der Waals surface area contributed by atoms with E-state index < -0.39 is 31.1 Å². The molecule has 7 heteroatoms. The SMILES string of the molecule is CCN(C(=O)N(CC(=O)O)CC(=O)O)C1CC1. The van der Waals surface area contributed by atoms with Gasteiger partial charge in [0.1, 0.15) is 13.1 Å². The summed E-state index contributed by atoms with van der Waals surface area (Å²) >= 11 is 0. The third kappa shape index (κ3) is 3.93. The lowest BCUT2D eigenvalue weighted by molar-refractivity contribution is -0.140. The van der Waals surface area contributed by atoms with Crippen molar-refractivity contribution in [1.29, 1.82) is 0 Å². The van der Waals surface area contributed by atoms with Gasteiger partial charge in [0.2, 0.25) is 0 Å². The van der Waals surface area contributed by atoms with E-state index in [0.717, 1.165) is 17.7 Å². The number of hydrogen-bond acceptors (Lipinski definition) is 3. The van der Waals surface area contributed by atoms with Crippen LogP contribution < -0.4 is 0 Å². The molecule has 0 radical (unpaired) electrons. The topological polar surface area (TPSA) is 98.2 Å². The van der Waals surface area contributed by atoms with E-state index in [-0.39, 0.29) is 6.04 Å². The maximum Gasteiger partial charge on any atom is 0.323 e. The summed E-state index contributed by atoms with van der Waals surface area (Å²) < 4.78 is 0. The molecule has 0 aromatic rings. The molecule has 7 nitrogen and oxygen atoms in total.